The van der Waals surface area contributed by atoms with Crippen LogP contribution < -0.4 is 0 Å². The summed E-state index contributed by atoms with van der Waals surface area (Å²) in [6.07, 6.45) is 8.16. The Kier molecular flexibility index (Phi) is 3.21. The molecule has 1 heteroatoms. The molecule has 0 radical (unpaired) electrons. The van der Waals surface area contributed by atoms with Gasteiger partial charge in [-0.25, -0.2) is 0 Å². The molecule has 0 saturated carbocycles. The van der Waals surface area contributed by atoms with E-state index in [9.17, 15) is 0 Å². The van der Waals surface area contributed by atoms with E-state index in [4.69, 9.17) is 0 Å². The monoisotopic (exact) mass is 151 g/mol. The number of likely N-dealkylation sites (tertiary alicyclic amines) is 1. The molecule has 0 aromatic rings. The van der Waals surface area contributed by atoms with Crippen LogP contribution in [0, 0.1) is 0 Å². The molecule has 0 aliphatic carbocycles. The van der Waals surface area contributed by atoms with Gasteiger partial charge in [-0.1, -0.05) is 12.7 Å². The first-order chi connectivity index (χ1) is 5.38. The van der Waals surface area contributed by atoms with Crippen LogP contribution in [0.3, 0.4) is 0 Å². The smallest absolute Gasteiger partial charge is 0.0316 e. The van der Waals surface area contributed by atoms with Crippen LogP contribution in [0.15, 0.2) is 24.4 Å². The minimum absolute atomic E-state index is 1.21. The second kappa shape index (κ2) is 4.22. The molecule has 62 valence electrons. The van der Waals surface area contributed by atoms with Gasteiger partial charge in [-0.05, 0) is 32.3 Å². The van der Waals surface area contributed by atoms with Crippen LogP contribution in [0.4, 0.5) is 0 Å². The number of piperidine rings is 1. The first-order valence-corrected chi connectivity index (χ1v) is 4.42. The second-order valence-electron chi connectivity index (χ2n) is 2.97. The first-order valence-electron chi connectivity index (χ1n) is 4.42. The molecular formula is C10H17N. The zero-order chi connectivity index (χ0) is 8.10. The van der Waals surface area contributed by atoms with Crippen molar-refractivity contribution in [1.29, 1.82) is 0 Å². The highest BCUT2D eigenvalue weighted by Crippen LogP contribution is 2.14. The Balaban J connectivity index is 2.49. The van der Waals surface area contributed by atoms with Gasteiger partial charge in [0.1, 0.15) is 0 Å². The van der Waals surface area contributed by atoms with Crippen molar-refractivity contribution in [3.63, 3.8) is 0 Å². The predicted octanol–water partition coefficient (Wildman–Crippen LogP) is 2.56. The fourth-order valence-corrected chi connectivity index (χ4v) is 1.58. The molecule has 0 bridgehead atoms. The highest BCUT2D eigenvalue weighted by Gasteiger charge is 2.09. The van der Waals surface area contributed by atoms with Crippen LogP contribution in [-0.4, -0.2) is 18.0 Å². The Morgan fingerprint density at radius 1 is 1.27 bits per heavy atom. The SMILES string of the molecule is C=CC(=CC)N1CCCCC1. The van der Waals surface area contributed by atoms with Gasteiger partial charge in [-0.2, -0.15) is 0 Å². The van der Waals surface area contributed by atoms with Gasteiger partial charge in [-0.15, -0.1) is 0 Å². The Bertz CT molecular complexity index is 152. The van der Waals surface area contributed by atoms with Crippen molar-refractivity contribution in [2.24, 2.45) is 0 Å². The van der Waals surface area contributed by atoms with Gasteiger partial charge in [0.05, 0.1) is 0 Å². The summed E-state index contributed by atoms with van der Waals surface area (Å²) in [6, 6.07) is 0. The number of nitrogens with zero attached hydrogens (tertiary/aromatic N) is 1. The molecule has 0 N–H and O–H groups in total. The first kappa shape index (κ1) is 8.38. The third-order valence-corrected chi connectivity index (χ3v) is 2.23. The van der Waals surface area contributed by atoms with Crippen molar-refractivity contribution in [1.82, 2.24) is 4.90 Å². The van der Waals surface area contributed by atoms with Gasteiger partial charge < -0.3 is 4.90 Å². The Hall–Kier alpha value is -0.720. The van der Waals surface area contributed by atoms with Crippen LogP contribution in [-0.2, 0) is 0 Å². The Morgan fingerprint density at radius 3 is 2.36 bits per heavy atom. The van der Waals surface area contributed by atoms with E-state index >= 15 is 0 Å². The van der Waals surface area contributed by atoms with Crippen molar-refractivity contribution in [2.75, 3.05) is 13.1 Å². The molecule has 1 fully saturated rings. The van der Waals surface area contributed by atoms with Crippen molar-refractivity contribution in [3.05, 3.63) is 24.4 Å². The van der Waals surface area contributed by atoms with E-state index in [0.29, 0.717) is 0 Å². The van der Waals surface area contributed by atoms with Crippen molar-refractivity contribution in [3.8, 4) is 0 Å². The zero-order valence-electron chi connectivity index (χ0n) is 7.34. The van der Waals surface area contributed by atoms with E-state index in [1.807, 2.05) is 6.08 Å². The maximum atomic E-state index is 3.80. The third kappa shape index (κ3) is 2.11. The highest BCUT2D eigenvalue weighted by atomic mass is 15.1. The number of hydrogen-bond acceptors (Lipinski definition) is 1. The van der Waals surface area contributed by atoms with Gasteiger partial charge in [0.25, 0.3) is 0 Å². The van der Waals surface area contributed by atoms with Gasteiger partial charge in [0.15, 0.2) is 0 Å². The summed E-state index contributed by atoms with van der Waals surface area (Å²) >= 11 is 0. The molecule has 0 aromatic heterocycles. The fraction of sp³-hybridized carbons (Fsp3) is 0.600. The minimum atomic E-state index is 1.21. The van der Waals surface area contributed by atoms with E-state index in [1.54, 1.807) is 0 Å². The molecule has 1 saturated heterocycles. The lowest BCUT2D eigenvalue weighted by Gasteiger charge is -2.29. The lowest BCUT2D eigenvalue weighted by Crippen LogP contribution is -2.28. The average Bonchev–Trinajstić information content (AvgIpc) is 2.09. The van der Waals surface area contributed by atoms with Crippen LogP contribution in [0.25, 0.3) is 0 Å². The molecule has 0 atom stereocenters. The Labute approximate surface area is 69.4 Å². The molecule has 1 aliphatic heterocycles. The summed E-state index contributed by atoms with van der Waals surface area (Å²) in [5.41, 5.74) is 1.30. The molecule has 0 unspecified atom stereocenters. The predicted molar refractivity (Wildman–Crippen MR) is 49.4 cm³/mol. The highest BCUT2D eigenvalue weighted by molar-refractivity contribution is 5.14. The van der Waals surface area contributed by atoms with E-state index in [1.165, 1.54) is 38.0 Å². The lowest BCUT2D eigenvalue weighted by atomic mass is 10.1. The Morgan fingerprint density at radius 2 is 1.91 bits per heavy atom. The van der Waals surface area contributed by atoms with E-state index < -0.39 is 0 Å². The standard InChI is InChI=1S/C10H17N/c1-3-10(4-2)11-8-6-5-7-9-11/h3-4H,1,5-9H2,2H3. The molecule has 1 aliphatic rings. The van der Waals surface area contributed by atoms with Crippen molar-refractivity contribution >= 4 is 0 Å². The number of hydrogen-bond donors (Lipinski definition) is 0. The molecule has 1 nitrogen and oxygen atoms in total. The van der Waals surface area contributed by atoms with Gasteiger partial charge in [0, 0.05) is 18.8 Å². The van der Waals surface area contributed by atoms with E-state index in [0.717, 1.165) is 0 Å². The topological polar surface area (TPSA) is 3.24 Å². The third-order valence-electron chi connectivity index (χ3n) is 2.23. The van der Waals surface area contributed by atoms with Crippen molar-refractivity contribution < 1.29 is 0 Å². The summed E-state index contributed by atoms with van der Waals surface area (Å²) < 4.78 is 0. The summed E-state index contributed by atoms with van der Waals surface area (Å²) in [4.78, 5) is 2.41. The quantitative estimate of drug-likeness (QED) is 0.548. The number of rotatable bonds is 2. The molecule has 0 aromatic carbocycles. The normalized spacial score (nSPS) is 20.1. The van der Waals surface area contributed by atoms with E-state index in [-0.39, 0.29) is 0 Å². The maximum absolute atomic E-state index is 3.80. The summed E-state index contributed by atoms with van der Waals surface area (Å²) in [6.45, 7) is 8.30. The summed E-state index contributed by atoms with van der Waals surface area (Å²) in [5, 5.41) is 0. The zero-order valence-corrected chi connectivity index (χ0v) is 7.34. The van der Waals surface area contributed by atoms with Gasteiger partial charge in [0.2, 0.25) is 0 Å². The van der Waals surface area contributed by atoms with E-state index in [2.05, 4.69) is 24.5 Å². The molecule has 11 heavy (non-hydrogen) atoms. The second-order valence-corrected chi connectivity index (χ2v) is 2.97. The summed E-state index contributed by atoms with van der Waals surface area (Å²) in [5.74, 6) is 0. The van der Waals surface area contributed by atoms with Crippen LogP contribution in [0.2, 0.25) is 0 Å². The van der Waals surface area contributed by atoms with Gasteiger partial charge >= 0.3 is 0 Å². The molecule has 0 amide bonds. The summed E-state index contributed by atoms with van der Waals surface area (Å²) in [7, 11) is 0. The molecule has 0 spiro atoms. The van der Waals surface area contributed by atoms with Gasteiger partial charge in [-0.3, -0.25) is 0 Å². The largest absolute Gasteiger partial charge is 0.372 e. The van der Waals surface area contributed by atoms with Crippen molar-refractivity contribution in [2.45, 2.75) is 26.2 Å². The van der Waals surface area contributed by atoms with Crippen LogP contribution in [0.1, 0.15) is 26.2 Å². The molecule has 1 rings (SSSR count). The minimum Gasteiger partial charge on any atom is -0.372 e. The fourth-order valence-electron chi connectivity index (χ4n) is 1.58. The average molecular weight is 151 g/mol. The molecule has 1 heterocycles. The molecular weight excluding hydrogens is 134 g/mol. The number of allylic oxidation sites excluding steroid dienone is 2. The maximum Gasteiger partial charge on any atom is 0.0316 e. The van der Waals surface area contributed by atoms with Crippen LogP contribution in [0.5, 0.6) is 0 Å². The lowest BCUT2D eigenvalue weighted by molar-refractivity contribution is 0.293. The van der Waals surface area contributed by atoms with Crippen LogP contribution >= 0.6 is 0 Å².